The fourth-order valence-corrected chi connectivity index (χ4v) is 2.40. The number of nitrogens with one attached hydrogen (secondary N) is 1. The predicted molar refractivity (Wildman–Crippen MR) is 73.6 cm³/mol. The fourth-order valence-electron chi connectivity index (χ4n) is 2.40. The zero-order valence-electron chi connectivity index (χ0n) is 10.9. The molecular formula is C14H20N2O3. The second-order valence-corrected chi connectivity index (χ2v) is 5.04. The zero-order chi connectivity index (χ0) is 13.1. The molecule has 2 heterocycles. The Morgan fingerprint density at radius 3 is 3.21 bits per heavy atom. The minimum absolute atomic E-state index is 0.0397. The summed E-state index contributed by atoms with van der Waals surface area (Å²) in [5.41, 5.74) is 7.43. The highest BCUT2D eigenvalue weighted by molar-refractivity contribution is 5.63. The summed E-state index contributed by atoms with van der Waals surface area (Å²) in [7, 11) is 0. The van der Waals surface area contributed by atoms with Gasteiger partial charge in [0.1, 0.15) is 18.5 Å². The molecule has 2 atom stereocenters. The van der Waals surface area contributed by atoms with Crippen LogP contribution in [0.4, 0.5) is 11.4 Å². The van der Waals surface area contributed by atoms with Crippen molar-refractivity contribution < 1.29 is 14.2 Å². The van der Waals surface area contributed by atoms with E-state index >= 15 is 0 Å². The first-order chi connectivity index (χ1) is 9.31. The van der Waals surface area contributed by atoms with E-state index in [9.17, 15) is 0 Å². The molecule has 0 aromatic heterocycles. The molecule has 2 aliphatic rings. The van der Waals surface area contributed by atoms with Crippen LogP contribution >= 0.6 is 0 Å². The highest BCUT2D eigenvalue weighted by atomic mass is 16.6. The average molecular weight is 264 g/mol. The lowest BCUT2D eigenvalue weighted by molar-refractivity contribution is -0.0288. The van der Waals surface area contributed by atoms with Gasteiger partial charge in [0.2, 0.25) is 0 Å². The van der Waals surface area contributed by atoms with Crippen LogP contribution in [0.2, 0.25) is 0 Å². The van der Waals surface area contributed by atoms with Crippen LogP contribution in [0.15, 0.2) is 18.2 Å². The molecule has 0 radical (unpaired) electrons. The monoisotopic (exact) mass is 264 g/mol. The standard InChI is InChI=1S/C14H20N2O3/c15-10-3-4-14-13(6-10)16-7-12(9-19-14)18-8-11-2-1-5-17-11/h3-4,6,11-12,16H,1-2,5,7-9,15H2/t11?,12-/m0/s1. The fraction of sp³-hybridized carbons (Fsp3) is 0.571. The van der Waals surface area contributed by atoms with Crippen molar-refractivity contribution in [2.45, 2.75) is 25.0 Å². The van der Waals surface area contributed by atoms with Gasteiger partial charge in [0.25, 0.3) is 0 Å². The molecule has 0 bridgehead atoms. The van der Waals surface area contributed by atoms with Crippen LogP contribution in [0.5, 0.6) is 5.75 Å². The van der Waals surface area contributed by atoms with Crippen molar-refractivity contribution in [1.29, 1.82) is 0 Å². The Morgan fingerprint density at radius 1 is 1.42 bits per heavy atom. The molecule has 5 nitrogen and oxygen atoms in total. The van der Waals surface area contributed by atoms with Gasteiger partial charge < -0.3 is 25.3 Å². The minimum atomic E-state index is 0.0397. The van der Waals surface area contributed by atoms with E-state index in [1.54, 1.807) is 0 Å². The van der Waals surface area contributed by atoms with E-state index in [2.05, 4.69) is 5.32 Å². The molecule has 19 heavy (non-hydrogen) atoms. The zero-order valence-corrected chi connectivity index (χ0v) is 10.9. The number of ether oxygens (including phenoxy) is 3. The van der Waals surface area contributed by atoms with Crippen molar-refractivity contribution in [1.82, 2.24) is 0 Å². The third-order valence-corrected chi connectivity index (χ3v) is 3.49. The summed E-state index contributed by atoms with van der Waals surface area (Å²) < 4.78 is 17.2. The van der Waals surface area contributed by atoms with Crippen LogP contribution in [-0.4, -0.2) is 38.6 Å². The number of hydrogen-bond acceptors (Lipinski definition) is 5. The summed E-state index contributed by atoms with van der Waals surface area (Å²) in [6.45, 7) is 2.78. The maximum absolute atomic E-state index is 5.86. The van der Waals surface area contributed by atoms with Gasteiger partial charge in [0.05, 0.1) is 18.4 Å². The Bertz CT molecular complexity index is 433. The first kappa shape index (κ1) is 12.6. The van der Waals surface area contributed by atoms with Crippen LogP contribution in [-0.2, 0) is 9.47 Å². The summed E-state index contributed by atoms with van der Waals surface area (Å²) in [5, 5.41) is 3.32. The summed E-state index contributed by atoms with van der Waals surface area (Å²) in [6.07, 6.45) is 2.52. The molecule has 5 heteroatoms. The van der Waals surface area contributed by atoms with Crippen LogP contribution in [0.3, 0.4) is 0 Å². The van der Waals surface area contributed by atoms with Crippen molar-refractivity contribution >= 4 is 11.4 Å². The molecule has 1 aromatic carbocycles. The van der Waals surface area contributed by atoms with Crippen LogP contribution in [0.1, 0.15) is 12.8 Å². The van der Waals surface area contributed by atoms with Gasteiger partial charge in [-0.3, -0.25) is 0 Å². The van der Waals surface area contributed by atoms with Crippen molar-refractivity contribution in [3.63, 3.8) is 0 Å². The van der Waals surface area contributed by atoms with Crippen LogP contribution < -0.4 is 15.8 Å². The third-order valence-electron chi connectivity index (χ3n) is 3.49. The smallest absolute Gasteiger partial charge is 0.142 e. The van der Waals surface area contributed by atoms with E-state index in [1.807, 2.05) is 18.2 Å². The van der Waals surface area contributed by atoms with Crippen molar-refractivity contribution in [2.75, 3.05) is 37.4 Å². The van der Waals surface area contributed by atoms with E-state index in [4.69, 9.17) is 19.9 Å². The normalized spacial score (nSPS) is 26.1. The number of rotatable bonds is 3. The van der Waals surface area contributed by atoms with Gasteiger partial charge in [-0.25, -0.2) is 0 Å². The van der Waals surface area contributed by atoms with Gasteiger partial charge >= 0.3 is 0 Å². The number of benzene rings is 1. The molecule has 3 rings (SSSR count). The SMILES string of the molecule is Nc1ccc2c(c1)NC[C@H](OCC1CCCO1)CO2. The van der Waals surface area contributed by atoms with Crippen molar-refractivity contribution in [3.05, 3.63) is 18.2 Å². The molecule has 104 valence electrons. The van der Waals surface area contributed by atoms with Gasteiger partial charge in [-0.2, -0.15) is 0 Å². The summed E-state index contributed by atoms with van der Waals surface area (Å²) in [4.78, 5) is 0. The third kappa shape index (κ3) is 3.11. The van der Waals surface area contributed by atoms with Crippen molar-refractivity contribution in [3.8, 4) is 5.75 Å². The minimum Gasteiger partial charge on any atom is -0.489 e. The summed E-state index contributed by atoms with van der Waals surface area (Å²) in [5.74, 6) is 0.831. The predicted octanol–water partition coefficient (Wildman–Crippen LogP) is 1.64. The van der Waals surface area contributed by atoms with E-state index in [-0.39, 0.29) is 12.2 Å². The number of fused-ring (bicyclic) bond motifs is 1. The van der Waals surface area contributed by atoms with Gasteiger partial charge in [0.15, 0.2) is 0 Å². The second kappa shape index (κ2) is 5.67. The molecule has 2 aliphatic heterocycles. The summed E-state index contributed by atoms with van der Waals surface area (Å²) >= 11 is 0. The highest BCUT2D eigenvalue weighted by Gasteiger charge is 2.21. The highest BCUT2D eigenvalue weighted by Crippen LogP contribution is 2.29. The molecule has 1 aromatic rings. The van der Waals surface area contributed by atoms with Gasteiger partial charge in [-0.05, 0) is 31.0 Å². The molecule has 0 amide bonds. The Labute approximate surface area is 113 Å². The lowest BCUT2D eigenvalue weighted by atomic mass is 10.2. The van der Waals surface area contributed by atoms with Gasteiger partial charge in [-0.1, -0.05) is 0 Å². The Balaban J connectivity index is 1.54. The second-order valence-electron chi connectivity index (χ2n) is 5.04. The molecule has 1 unspecified atom stereocenters. The quantitative estimate of drug-likeness (QED) is 0.812. The van der Waals surface area contributed by atoms with E-state index in [0.29, 0.717) is 13.2 Å². The van der Waals surface area contributed by atoms with Crippen molar-refractivity contribution in [2.24, 2.45) is 0 Å². The van der Waals surface area contributed by atoms with E-state index in [1.165, 1.54) is 0 Å². The Hall–Kier alpha value is -1.46. The van der Waals surface area contributed by atoms with Crippen LogP contribution in [0.25, 0.3) is 0 Å². The topological polar surface area (TPSA) is 65.7 Å². The first-order valence-electron chi connectivity index (χ1n) is 6.80. The largest absolute Gasteiger partial charge is 0.489 e. The molecular weight excluding hydrogens is 244 g/mol. The lowest BCUT2D eigenvalue weighted by Gasteiger charge is -2.17. The van der Waals surface area contributed by atoms with E-state index < -0.39 is 0 Å². The molecule has 0 spiro atoms. The Morgan fingerprint density at radius 2 is 2.37 bits per heavy atom. The maximum Gasteiger partial charge on any atom is 0.142 e. The first-order valence-corrected chi connectivity index (χ1v) is 6.80. The number of nitrogen functional groups attached to an aromatic ring is 1. The Kier molecular flexibility index (Phi) is 3.75. The van der Waals surface area contributed by atoms with E-state index in [0.717, 1.165) is 43.1 Å². The molecule has 1 fully saturated rings. The molecule has 3 N–H and O–H groups in total. The number of nitrogens with two attached hydrogens (primary N) is 1. The number of hydrogen-bond donors (Lipinski definition) is 2. The van der Waals surface area contributed by atoms with Crippen LogP contribution in [0, 0.1) is 0 Å². The average Bonchev–Trinajstić information content (AvgIpc) is 2.85. The van der Waals surface area contributed by atoms with Gasteiger partial charge in [-0.15, -0.1) is 0 Å². The summed E-state index contributed by atoms with van der Waals surface area (Å²) in [6, 6.07) is 5.62. The maximum atomic E-state index is 5.86. The molecule has 0 saturated carbocycles. The lowest BCUT2D eigenvalue weighted by Crippen LogP contribution is -2.30. The molecule has 0 aliphatic carbocycles. The molecule has 1 saturated heterocycles. The number of anilines is 2. The van der Waals surface area contributed by atoms with Gasteiger partial charge in [0, 0.05) is 18.8 Å².